The quantitative estimate of drug-likeness (QED) is 0.473. The minimum Gasteiger partial charge on any atom is -0.356 e. The minimum absolute atomic E-state index is 0.0184. The molecule has 1 spiro atoms. The molecular weight excluding hydrogens is 494 g/mol. The van der Waals surface area contributed by atoms with Crippen LogP contribution in [0.2, 0.25) is 0 Å². The molecule has 39 heavy (non-hydrogen) atoms. The Morgan fingerprint density at radius 2 is 1.87 bits per heavy atom. The summed E-state index contributed by atoms with van der Waals surface area (Å²) in [5.74, 6) is 1.39. The number of amidine groups is 1. The number of aliphatic imine (C=N–C) groups is 1. The zero-order chi connectivity index (χ0) is 26.5. The monoisotopic (exact) mass is 521 g/mol. The lowest BCUT2D eigenvalue weighted by Crippen LogP contribution is -2.51. The van der Waals surface area contributed by atoms with Crippen LogP contribution in [-0.4, -0.2) is 60.8 Å². The highest BCUT2D eigenvalue weighted by molar-refractivity contribution is 6.09. The van der Waals surface area contributed by atoms with Crippen LogP contribution in [0.3, 0.4) is 0 Å². The number of hydrogen-bond acceptors (Lipinski definition) is 8. The van der Waals surface area contributed by atoms with E-state index in [1.165, 1.54) is 11.1 Å². The van der Waals surface area contributed by atoms with Crippen molar-refractivity contribution in [3.05, 3.63) is 70.9 Å². The lowest BCUT2D eigenvalue weighted by atomic mass is 9.79. The first-order chi connectivity index (χ1) is 18.9. The fraction of sp³-hybridized carbons (Fsp3) is 0.310. The molecular formula is C29H27N7O3. The Bertz CT molecular complexity index is 1640. The van der Waals surface area contributed by atoms with Gasteiger partial charge < -0.3 is 30.4 Å². The van der Waals surface area contributed by atoms with E-state index in [2.05, 4.69) is 27.8 Å². The minimum atomic E-state index is -0.958. The number of benzene rings is 2. The summed E-state index contributed by atoms with van der Waals surface area (Å²) in [6.45, 7) is 1.11. The first-order valence-corrected chi connectivity index (χ1v) is 13.3. The van der Waals surface area contributed by atoms with Crippen molar-refractivity contribution in [2.75, 3.05) is 52.0 Å². The summed E-state index contributed by atoms with van der Waals surface area (Å²) in [7, 11) is 1.77. The number of para-hydroxylation sites is 1. The predicted molar refractivity (Wildman–Crippen MR) is 149 cm³/mol. The van der Waals surface area contributed by atoms with Gasteiger partial charge in [0, 0.05) is 31.0 Å². The lowest BCUT2D eigenvalue weighted by molar-refractivity contribution is -0.120. The number of aromatic nitrogens is 1. The van der Waals surface area contributed by atoms with Crippen LogP contribution in [0.4, 0.5) is 28.6 Å². The number of rotatable bonds is 2. The first-order valence-electron chi connectivity index (χ1n) is 13.3. The van der Waals surface area contributed by atoms with E-state index in [1.807, 2.05) is 35.2 Å². The number of anilines is 5. The molecule has 0 bridgehead atoms. The van der Waals surface area contributed by atoms with Crippen molar-refractivity contribution in [3.8, 4) is 0 Å². The van der Waals surface area contributed by atoms with E-state index >= 15 is 0 Å². The molecule has 0 fully saturated rings. The highest BCUT2D eigenvalue weighted by Crippen LogP contribution is 2.49. The molecule has 4 aliphatic heterocycles. The molecule has 1 aliphatic carbocycles. The number of carbonyl (C=O) groups excluding carboxylic acids is 2. The summed E-state index contributed by atoms with van der Waals surface area (Å²) in [6.07, 6.45) is 2.83. The zero-order valence-corrected chi connectivity index (χ0v) is 21.4. The molecule has 2 amide bonds. The first kappa shape index (κ1) is 22.5. The molecule has 196 valence electrons. The Morgan fingerprint density at radius 1 is 1.05 bits per heavy atom. The van der Waals surface area contributed by atoms with Crippen LogP contribution in [0.5, 0.6) is 0 Å². The van der Waals surface area contributed by atoms with Crippen molar-refractivity contribution in [1.29, 1.82) is 0 Å². The largest absolute Gasteiger partial charge is 0.356 e. The van der Waals surface area contributed by atoms with E-state index in [0.717, 1.165) is 46.1 Å². The highest BCUT2D eigenvalue weighted by atomic mass is 16.3. The van der Waals surface area contributed by atoms with Crippen LogP contribution in [0.1, 0.15) is 22.3 Å². The van der Waals surface area contributed by atoms with E-state index < -0.39 is 11.8 Å². The fourth-order valence-corrected chi connectivity index (χ4v) is 6.89. The van der Waals surface area contributed by atoms with Crippen LogP contribution >= 0.6 is 0 Å². The van der Waals surface area contributed by atoms with Gasteiger partial charge in [-0.2, -0.15) is 0 Å². The van der Waals surface area contributed by atoms with E-state index in [1.54, 1.807) is 23.0 Å². The number of carbonyl (C=O) groups is 2. The van der Waals surface area contributed by atoms with Crippen LogP contribution < -0.4 is 25.3 Å². The average molecular weight is 522 g/mol. The van der Waals surface area contributed by atoms with Gasteiger partial charge in [-0.05, 0) is 60.2 Å². The van der Waals surface area contributed by atoms with Crippen LogP contribution in [0, 0.1) is 0 Å². The average Bonchev–Trinajstić information content (AvgIpc) is 3.46. The summed E-state index contributed by atoms with van der Waals surface area (Å²) >= 11 is 0. The van der Waals surface area contributed by atoms with Crippen molar-refractivity contribution in [1.82, 2.24) is 4.98 Å². The fourth-order valence-electron chi connectivity index (χ4n) is 6.89. The summed E-state index contributed by atoms with van der Waals surface area (Å²) in [5, 5.41) is 17.8. The smallest absolute Gasteiger partial charge is 0.246 e. The van der Waals surface area contributed by atoms with Gasteiger partial charge in [-0.3, -0.25) is 14.6 Å². The van der Waals surface area contributed by atoms with Gasteiger partial charge in [0.15, 0.2) is 0 Å². The molecule has 5 aliphatic rings. The number of nitrogens with zero attached hydrogens (tertiary/aromatic N) is 5. The maximum atomic E-state index is 13.2. The van der Waals surface area contributed by atoms with Crippen molar-refractivity contribution >= 4 is 46.2 Å². The Labute approximate surface area is 225 Å². The molecule has 10 nitrogen and oxygen atoms in total. The van der Waals surface area contributed by atoms with Crippen molar-refractivity contribution in [3.63, 3.8) is 0 Å². The Morgan fingerprint density at radius 3 is 2.74 bits per heavy atom. The van der Waals surface area contributed by atoms with Gasteiger partial charge in [0.1, 0.15) is 18.2 Å². The molecule has 0 radical (unpaired) electrons. The molecule has 5 heterocycles. The van der Waals surface area contributed by atoms with E-state index in [0.29, 0.717) is 31.7 Å². The lowest BCUT2D eigenvalue weighted by Gasteiger charge is -2.34. The van der Waals surface area contributed by atoms with E-state index in [9.17, 15) is 14.7 Å². The topological polar surface area (TPSA) is 113 Å². The van der Waals surface area contributed by atoms with Gasteiger partial charge in [0.25, 0.3) is 0 Å². The van der Waals surface area contributed by atoms with Crippen molar-refractivity contribution in [2.45, 2.75) is 31.0 Å². The number of amides is 2. The van der Waals surface area contributed by atoms with Crippen molar-refractivity contribution < 1.29 is 14.7 Å². The molecule has 3 aromatic rings. The molecule has 1 aromatic heterocycles. The Hall–Kier alpha value is -4.44. The zero-order valence-electron chi connectivity index (χ0n) is 21.4. The third-order valence-corrected chi connectivity index (χ3v) is 8.87. The number of hydrogen-bond donors (Lipinski definition) is 3. The van der Waals surface area contributed by atoms with Gasteiger partial charge in [0.2, 0.25) is 18.2 Å². The standard InChI is InChI=1S/C29H27N7O3/c1-34-21-5-2-6-22-25(21)36(15-24(34)37)28(39)35(22)14-23-30-9-7-16-10-17-12-29(13-18(17)11-20(16)32-23)19-4-3-8-31-26(19)33-27(29)38/h2-6,8,10-11,28,39H,7,9,12-15H2,1H3,(H,30,32)(H,31,33,38)/t28?,29-/m0/s1. The van der Waals surface area contributed by atoms with E-state index in [-0.39, 0.29) is 18.4 Å². The number of aliphatic hydroxyl groups excluding tert-OH is 1. The molecule has 3 N–H and O–H groups in total. The number of aliphatic hydroxyl groups is 1. The second-order valence-electron chi connectivity index (χ2n) is 11.0. The molecule has 0 saturated heterocycles. The highest BCUT2D eigenvalue weighted by Gasteiger charge is 2.51. The summed E-state index contributed by atoms with van der Waals surface area (Å²) in [4.78, 5) is 40.2. The second-order valence-corrected chi connectivity index (χ2v) is 11.0. The maximum Gasteiger partial charge on any atom is 0.246 e. The van der Waals surface area contributed by atoms with Gasteiger partial charge in [-0.15, -0.1) is 0 Å². The van der Waals surface area contributed by atoms with E-state index in [4.69, 9.17) is 4.99 Å². The SMILES string of the molecule is CN1C(=O)CN2c3c1cccc3N(CC1=NCCc3cc4c(cc3N1)C[C@]1(C4)C(=O)Nc3ncccc31)C2O. The summed E-state index contributed by atoms with van der Waals surface area (Å²) in [6, 6.07) is 14.1. The number of likely N-dealkylation sites (N-methyl/N-ethyl adjacent to an activating group) is 1. The van der Waals surface area contributed by atoms with Crippen molar-refractivity contribution in [2.24, 2.45) is 4.99 Å². The van der Waals surface area contributed by atoms with Gasteiger partial charge in [-0.1, -0.05) is 18.2 Å². The van der Waals surface area contributed by atoms with Gasteiger partial charge in [-0.25, -0.2) is 4.98 Å². The normalized spacial score (nSPS) is 24.1. The molecule has 2 aromatic carbocycles. The Kier molecular flexibility index (Phi) is 4.50. The molecule has 2 atom stereocenters. The summed E-state index contributed by atoms with van der Waals surface area (Å²) in [5.41, 5.74) is 7.43. The third kappa shape index (κ3) is 3.06. The van der Waals surface area contributed by atoms with Gasteiger partial charge in [0.05, 0.1) is 29.0 Å². The summed E-state index contributed by atoms with van der Waals surface area (Å²) < 4.78 is 0. The number of nitrogens with one attached hydrogen (secondary N) is 2. The van der Waals surface area contributed by atoms with Gasteiger partial charge >= 0.3 is 0 Å². The molecule has 1 unspecified atom stereocenters. The van der Waals surface area contributed by atoms with Crippen LogP contribution in [-0.2, 0) is 34.3 Å². The Balaban J connectivity index is 1.09. The molecule has 0 saturated carbocycles. The maximum absolute atomic E-state index is 13.2. The molecule has 8 rings (SSSR count). The van der Waals surface area contributed by atoms with Crippen LogP contribution in [0.15, 0.2) is 53.7 Å². The third-order valence-electron chi connectivity index (χ3n) is 8.87. The second kappa shape index (κ2) is 7.79. The molecule has 10 heteroatoms. The predicted octanol–water partition coefficient (Wildman–Crippen LogP) is 2.02. The number of fused-ring (bicyclic) bond motifs is 4. The van der Waals surface area contributed by atoms with Crippen LogP contribution in [0.25, 0.3) is 0 Å². The number of pyridine rings is 1.